The molecule has 0 amide bonds. The summed E-state index contributed by atoms with van der Waals surface area (Å²) in [5.41, 5.74) is 3.25. The number of benzene rings is 1. The van der Waals surface area contributed by atoms with E-state index in [1.54, 1.807) is 18.2 Å². The molecular formula is C12H18N4O2. The van der Waals surface area contributed by atoms with Gasteiger partial charge in [0.2, 0.25) is 0 Å². The van der Waals surface area contributed by atoms with Gasteiger partial charge in [-0.05, 0) is 30.9 Å². The molecule has 1 aromatic carbocycles. The molecule has 4 N–H and O–H groups in total. The van der Waals surface area contributed by atoms with Gasteiger partial charge < -0.3 is 10.7 Å². The van der Waals surface area contributed by atoms with E-state index in [1.807, 2.05) is 0 Å². The molecule has 1 aliphatic carbocycles. The molecule has 18 heavy (non-hydrogen) atoms. The van der Waals surface area contributed by atoms with E-state index in [0.29, 0.717) is 23.3 Å². The highest BCUT2D eigenvalue weighted by Gasteiger charge is 2.27. The second kappa shape index (κ2) is 5.22. The molecule has 1 aromatic rings. The van der Waals surface area contributed by atoms with E-state index >= 15 is 0 Å². The van der Waals surface area contributed by atoms with Crippen molar-refractivity contribution in [2.24, 2.45) is 11.8 Å². The van der Waals surface area contributed by atoms with E-state index in [2.05, 4.69) is 17.7 Å². The molecule has 0 aliphatic heterocycles. The van der Waals surface area contributed by atoms with Gasteiger partial charge in [0.05, 0.1) is 4.92 Å². The minimum atomic E-state index is -0.406. The Morgan fingerprint density at radius 2 is 2.11 bits per heavy atom. The van der Waals surface area contributed by atoms with E-state index < -0.39 is 4.92 Å². The quantitative estimate of drug-likeness (QED) is 0.433. The fourth-order valence-corrected chi connectivity index (χ4v) is 2.53. The predicted octanol–water partition coefficient (Wildman–Crippen LogP) is 2.48. The van der Waals surface area contributed by atoms with Crippen molar-refractivity contribution in [1.82, 2.24) is 0 Å². The standard InChI is InChI=1S/C12H18N4O2/c1-8-4-2-5-9(8)14-10-6-3-7-11(15-13)12(10)16(17)18/h3,6-9,14-15H,2,4-5,13H2,1H3. The summed E-state index contributed by atoms with van der Waals surface area (Å²) in [6, 6.07) is 5.38. The zero-order valence-electron chi connectivity index (χ0n) is 10.3. The third-order valence-electron chi connectivity index (χ3n) is 3.58. The first kappa shape index (κ1) is 12.6. The van der Waals surface area contributed by atoms with Gasteiger partial charge in [0.25, 0.3) is 0 Å². The Morgan fingerprint density at radius 3 is 2.67 bits per heavy atom. The Kier molecular flexibility index (Phi) is 3.66. The van der Waals surface area contributed by atoms with Gasteiger partial charge in [-0.2, -0.15) is 0 Å². The number of nitrogens with one attached hydrogen (secondary N) is 2. The number of para-hydroxylation sites is 1. The Hall–Kier alpha value is -1.82. The Balaban J connectivity index is 2.29. The van der Waals surface area contributed by atoms with Crippen LogP contribution in [0.4, 0.5) is 17.1 Å². The van der Waals surface area contributed by atoms with Gasteiger partial charge in [0.15, 0.2) is 0 Å². The number of nitrogen functional groups attached to an aromatic ring is 1. The van der Waals surface area contributed by atoms with Crippen LogP contribution in [0.25, 0.3) is 0 Å². The first-order valence-corrected chi connectivity index (χ1v) is 6.14. The predicted molar refractivity (Wildman–Crippen MR) is 71.3 cm³/mol. The maximum atomic E-state index is 11.1. The zero-order chi connectivity index (χ0) is 13.1. The van der Waals surface area contributed by atoms with Gasteiger partial charge >= 0.3 is 5.69 Å². The number of rotatable bonds is 4. The van der Waals surface area contributed by atoms with Crippen LogP contribution >= 0.6 is 0 Å². The first-order valence-electron chi connectivity index (χ1n) is 6.14. The van der Waals surface area contributed by atoms with E-state index in [0.717, 1.165) is 6.42 Å². The van der Waals surface area contributed by atoms with Crippen LogP contribution in [0.1, 0.15) is 26.2 Å². The second-order valence-electron chi connectivity index (χ2n) is 4.76. The van der Waals surface area contributed by atoms with Gasteiger partial charge in [-0.1, -0.05) is 19.4 Å². The van der Waals surface area contributed by atoms with Crippen molar-refractivity contribution in [2.75, 3.05) is 10.7 Å². The zero-order valence-corrected chi connectivity index (χ0v) is 10.3. The van der Waals surface area contributed by atoms with Crippen LogP contribution < -0.4 is 16.6 Å². The Labute approximate surface area is 106 Å². The Bertz CT molecular complexity index is 450. The topological polar surface area (TPSA) is 93.2 Å². The number of nitro benzene ring substituents is 1. The molecule has 0 aromatic heterocycles. The molecule has 0 heterocycles. The lowest BCUT2D eigenvalue weighted by Crippen LogP contribution is -2.22. The molecule has 6 nitrogen and oxygen atoms in total. The van der Waals surface area contributed by atoms with Crippen molar-refractivity contribution in [3.63, 3.8) is 0 Å². The summed E-state index contributed by atoms with van der Waals surface area (Å²) in [4.78, 5) is 10.7. The fourth-order valence-electron chi connectivity index (χ4n) is 2.53. The third kappa shape index (κ3) is 2.38. The van der Waals surface area contributed by atoms with Crippen LogP contribution in [0.15, 0.2) is 18.2 Å². The number of hydrogen-bond acceptors (Lipinski definition) is 5. The number of nitrogens with zero attached hydrogens (tertiary/aromatic N) is 1. The summed E-state index contributed by atoms with van der Waals surface area (Å²) < 4.78 is 0. The number of hydrogen-bond donors (Lipinski definition) is 3. The monoisotopic (exact) mass is 250 g/mol. The van der Waals surface area contributed by atoms with Crippen LogP contribution in [-0.2, 0) is 0 Å². The molecule has 98 valence electrons. The van der Waals surface area contributed by atoms with Gasteiger partial charge in [0.1, 0.15) is 11.4 Å². The van der Waals surface area contributed by atoms with Crippen molar-refractivity contribution < 1.29 is 4.92 Å². The van der Waals surface area contributed by atoms with Crippen LogP contribution in [0.2, 0.25) is 0 Å². The van der Waals surface area contributed by atoms with E-state index in [4.69, 9.17) is 5.84 Å². The van der Waals surface area contributed by atoms with E-state index in [-0.39, 0.29) is 5.69 Å². The van der Waals surface area contributed by atoms with E-state index in [1.165, 1.54) is 12.8 Å². The van der Waals surface area contributed by atoms with Crippen molar-refractivity contribution in [3.05, 3.63) is 28.3 Å². The van der Waals surface area contributed by atoms with Crippen LogP contribution in [-0.4, -0.2) is 11.0 Å². The molecule has 0 spiro atoms. The normalized spacial score (nSPS) is 22.8. The summed E-state index contributed by atoms with van der Waals surface area (Å²) in [5.74, 6) is 5.85. The molecule has 2 rings (SSSR count). The summed E-state index contributed by atoms with van der Waals surface area (Å²) in [6.45, 7) is 2.17. The molecule has 1 saturated carbocycles. The van der Waals surface area contributed by atoms with Crippen molar-refractivity contribution in [1.29, 1.82) is 0 Å². The largest absolute Gasteiger partial charge is 0.376 e. The smallest absolute Gasteiger partial charge is 0.316 e. The van der Waals surface area contributed by atoms with Crippen LogP contribution in [0.5, 0.6) is 0 Å². The highest BCUT2D eigenvalue weighted by atomic mass is 16.6. The maximum absolute atomic E-state index is 11.1. The highest BCUT2D eigenvalue weighted by Crippen LogP contribution is 2.35. The lowest BCUT2D eigenvalue weighted by molar-refractivity contribution is -0.383. The molecule has 1 fully saturated rings. The summed E-state index contributed by atoms with van der Waals surface area (Å²) in [7, 11) is 0. The summed E-state index contributed by atoms with van der Waals surface area (Å²) in [5, 5.41) is 14.4. The van der Waals surface area contributed by atoms with Crippen LogP contribution in [0.3, 0.4) is 0 Å². The average molecular weight is 250 g/mol. The molecule has 6 heteroatoms. The van der Waals surface area contributed by atoms with Gasteiger partial charge in [-0.3, -0.25) is 16.0 Å². The second-order valence-corrected chi connectivity index (χ2v) is 4.76. The molecular weight excluding hydrogens is 232 g/mol. The SMILES string of the molecule is CC1CCCC1Nc1cccc(NN)c1[N+](=O)[O-]. The highest BCUT2D eigenvalue weighted by molar-refractivity contribution is 5.76. The van der Waals surface area contributed by atoms with Crippen LogP contribution in [0, 0.1) is 16.0 Å². The number of nitrogens with two attached hydrogens (primary N) is 1. The summed E-state index contributed by atoms with van der Waals surface area (Å²) >= 11 is 0. The van der Waals surface area contributed by atoms with Crippen molar-refractivity contribution >= 4 is 17.1 Å². The van der Waals surface area contributed by atoms with Gasteiger partial charge in [0, 0.05) is 6.04 Å². The molecule has 2 atom stereocenters. The minimum Gasteiger partial charge on any atom is -0.376 e. The molecule has 2 unspecified atom stereocenters. The number of nitro groups is 1. The van der Waals surface area contributed by atoms with Gasteiger partial charge in [-0.25, -0.2) is 0 Å². The maximum Gasteiger partial charge on any atom is 0.316 e. The van der Waals surface area contributed by atoms with Gasteiger partial charge in [-0.15, -0.1) is 0 Å². The van der Waals surface area contributed by atoms with E-state index in [9.17, 15) is 10.1 Å². The minimum absolute atomic E-state index is 0.0131. The lowest BCUT2D eigenvalue weighted by Gasteiger charge is -2.19. The van der Waals surface area contributed by atoms with Crippen molar-refractivity contribution in [2.45, 2.75) is 32.2 Å². The fraction of sp³-hybridized carbons (Fsp3) is 0.500. The van der Waals surface area contributed by atoms with Crippen molar-refractivity contribution in [3.8, 4) is 0 Å². The first-order chi connectivity index (χ1) is 8.63. The average Bonchev–Trinajstić information content (AvgIpc) is 2.74. The summed E-state index contributed by atoms with van der Waals surface area (Å²) in [6.07, 6.45) is 3.39. The molecule has 1 aliphatic rings. The molecule has 0 bridgehead atoms. The third-order valence-corrected chi connectivity index (χ3v) is 3.58. The lowest BCUT2D eigenvalue weighted by atomic mass is 10.1. The Morgan fingerprint density at radius 1 is 1.39 bits per heavy atom. The number of hydrazine groups is 1. The molecule has 0 radical (unpaired) electrons. The molecule has 0 saturated heterocycles. The number of anilines is 2.